The molecule has 0 saturated heterocycles. The second-order valence-corrected chi connectivity index (χ2v) is 6.50. The van der Waals surface area contributed by atoms with E-state index in [-0.39, 0.29) is 0 Å². The third-order valence-electron chi connectivity index (χ3n) is 4.62. The van der Waals surface area contributed by atoms with Crippen LogP contribution >= 0.6 is 0 Å². The van der Waals surface area contributed by atoms with Crippen molar-refractivity contribution in [1.82, 2.24) is 9.38 Å². The molecule has 26 heavy (non-hydrogen) atoms. The fourth-order valence-corrected chi connectivity index (χ4v) is 2.97. The Kier molecular flexibility index (Phi) is 4.09. The first kappa shape index (κ1) is 16.2. The number of azo groups is 1. The number of aryl methyl sites for hydroxylation is 3. The lowest BCUT2D eigenvalue weighted by molar-refractivity contribution is 1.10. The fourth-order valence-electron chi connectivity index (χ4n) is 2.97. The number of imidazole rings is 1. The molecular weight excluding hydrogens is 320 g/mol. The van der Waals surface area contributed by atoms with Crippen molar-refractivity contribution in [2.45, 2.75) is 20.8 Å². The molecule has 2 aromatic carbocycles. The zero-order valence-electron chi connectivity index (χ0n) is 15.1. The van der Waals surface area contributed by atoms with Crippen LogP contribution in [0.2, 0.25) is 0 Å². The van der Waals surface area contributed by atoms with Crippen LogP contribution in [-0.4, -0.2) is 9.38 Å². The van der Waals surface area contributed by atoms with Crippen molar-refractivity contribution < 1.29 is 0 Å². The summed E-state index contributed by atoms with van der Waals surface area (Å²) in [4.78, 5) is 4.87. The summed E-state index contributed by atoms with van der Waals surface area (Å²) in [6, 6.07) is 20.2. The molecule has 2 heterocycles. The van der Waals surface area contributed by atoms with Crippen molar-refractivity contribution in [2.75, 3.05) is 0 Å². The van der Waals surface area contributed by atoms with Gasteiger partial charge < -0.3 is 0 Å². The molecule has 0 atom stereocenters. The van der Waals surface area contributed by atoms with Crippen molar-refractivity contribution in [2.24, 2.45) is 10.2 Å². The molecule has 0 saturated carbocycles. The molecule has 128 valence electrons. The Hall–Kier alpha value is -3.27. The van der Waals surface area contributed by atoms with E-state index in [4.69, 9.17) is 4.98 Å². The summed E-state index contributed by atoms with van der Waals surface area (Å²) in [5.74, 6) is 0.746. The van der Waals surface area contributed by atoms with Gasteiger partial charge in [-0.15, -0.1) is 10.2 Å². The summed E-state index contributed by atoms with van der Waals surface area (Å²) in [7, 11) is 0. The fraction of sp³-hybridized carbons (Fsp3) is 0.136. The van der Waals surface area contributed by atoms with Gasteiger partial charge in [-0.3, -0.25) is 4.40 Å². The molecule has 0 aliphatic carbocycles. The summed E-state index contributed by atoms with van der Waals surface area (Å²) in [5, 5.41) is 8.98. The van der Waals surface area contributed by atoms with E-state index in [2.05, 4.69) is 55.3 Å². The first-order valence-electron chi connectivity index (χ1n) is 8.65. The first-order chi connectivity index (χ1) is 12.6. The van der Waals surface area contributed by atoms with Crippen LogP contribution in [0.3, 0.4) is 0 Å². The topological polar surface area (TPSA) is 42.0 Å². The minimum atomic E-state index is 0.746. The van der Waals surface area contributed by atoms with Gasteiger partial charge in [-0.2, -0.15) is 0 Å². The molecule has 0 unspecified atom stereocenters. The van der Waals surface area contributed by atoms with Gasteiger partial charge in [0.05, 0.1) is 5.69 Å². The number of nitrogens with zero attached hydrogens (tertiary/aromatic N) is 4. The predicted molar refractivity (Wildman–Crippen MR) is 105 cm³/mol. The molecule has 0 bridgehead atoms. The van der Waals surface area contributed by atoms with Gasteiger partial charge in [0.25, 0.3) is 0 Å². The number of hydrogen-bond donors (Lipinski definition) is 0. The van der Waals surface area contributed by atoms with Crippen molar-refractivity contribution in [3.63, 3.8) is 0 Å². The van der Waals surface area contributed by atoms with Crippen molar-refractivity contribution in [1.29, 1.82) is 0 Å². The second-order valence-electron chi connectivity index (χ2n) is 6.50. The summed E-state index contributed by atoms with van der Waals surface area (Å²) >= 11 is 0. The monoisotopic (exact) mass is 340 g/mol. The van der Waals surface area contributed by atoms with Crippen LogP contribution in [0, 0.1) is 20.8 Å². The number of aromatic nitrogens is 2. The third-order valence-corrected chi connectivity index (χ3v) is 4.62. The molecular formula is C22H20N4. The Morgan fingerprint density at radius 3 is 2.35 bits per heavy atom. The van der Waals surface area contributed by atoms with Gasteiger partial charge in [0.1, 0.15) is 11.3 Å². The number of hydrogen-bond acceptors (Lipinski definition) is 3. The predicted octanol–water partition coefficient (Wildman–Crippen LogP) is 6.34. The molecule has 0 radical (unpaired) electrons. The number of rotatable bonds is 3. The van der Waals surface area contributed by atoms with Crippen LogP contribution in [0.25, 0.3) is 16.9 Å². The van der Waals surface area contributed by atoms with E-state index in [1.54, 1.807) is 0 Å². The number of pyridine rings is 1. The SMILES string of the molecule is Cc1ccc(-c2nc3c(C)cccn3c2N=Nc2ccccc2)cc1C. The van der Waals surface area contributed by atoms with Gasteiger partial charge in [-0.25, -0.2) is 4.98 Å². The van der Waals surface area contributed by atoms with Gasteiger partial charge in [0, 0.05) is 11.8 Å². The quantitative estimate of drug-likeness (QED) is 0.401. The highest BCUT2D eigenvalue weighted by molar-refractivity contribution is 5.76. The zero-order chi connectivity index (χ0) is 18.1. The Balaban J connectivity index is 1.92. The summed E-state index contributed by atoms with van der Waals surface area (Å²) in [6.07, 6.45) is 1.99. The summed E-state index contributed by atoms with van der Waals surface area (Å²) < 4.78 is 2.01. The Morgan fingerprint density at radius 1 is 0.769 bits per heavy atom. The van der Waals surface area contributed by atoms with E-state index in [1.165, 1.54) is 11.1 Å². The third kappa shape index (κ3) is 2.90. The van der Waals surface area contributed by atoms with Gasteiger partial charge in [0.15, 0.2) is 5.82 Å². The molecule has 0 aliphatic rings. The van der Waals surface area contributed by atoms with Crippen molar-refractivity contribution in [3.05, 3.63) is 83.6 Å². The highest BCUT2D eigenvalue weighted by Crippen LogP contribution is 2.33. The van der Waals surface area contributed by atoms with E-state index in [1.807, 2.05) is 47.0 Å². The molecule has 0 aliphatic heterocycles. The molecule has 2 aromatic heterocycles. The lowest BCUT2D eigenvalue weighted by atomic mass is 10.0. The lowest BCUT2D eigenvalue weighted by Crippen LogP contribution is -1.85. The zero-order valence-corrected chi connectivity index (χ0v) is 15.1. The molecule has 4 rings (SSSR count). The van der Waals surface area contributed by atoms with E-state index < -0.39 is 0 Å². The van der Waals surface area contributed by atoms with Gasteiger partial charge in [-0.1, -0.05) is 36.4 Å². The van der Waals surface area contributed by atoms with E-state index >= 15 is 0 Å². The molecule has 4 heteroatoms. The smallest absolute Gasteiger partial charge is 0.187 e. The summed E-state index contributed by atoms with van der Waals surface area (Å²) in [5.41, 5.74) is 7.24. The molecule has 0 fully saturated rings. The van der Waals surface area contributed by atoms with Crippen LogP contribution in [0.1, 0.15) is 16.7 Å². The largest absolute Gasteiger partial charge is 0.282 e. The van der Waals surface area contributed by atoms with E-state index in [9.17, 15) is 0 Å². The van der Waals surface area contributed by atoms with Crippen LogP contribution < -0.4 is 0 Å². The van der Waals surface area contributed by atoms with E-state index in [0.29, 0.717) is 0 Å². The standard InChI is InChI=1S/C22H20N4/c1-15-11-12-18(14-17(15)3)20-22(25-24-19-9-5-4-6-10-19)26-13-7-8-16(2)21(26)23-20/h4-14H,1-3H3. The average molecular weight is 340 g/mol. The molecule has 0 amide bonds. The van der Waals surface area contributed by atoms with Crippen LogP contribution in [-0.2, 0) is 0 Å². The minimum Gasteiger partial charge on any atom is -0.282 e. The summed E-state index contributed by atoms with van der Waals surface area (Å²) in [6.45, 7) is 6.29. The molecule has 0 spiro atoms. The van der Waals surface area contributed by atoms with Gasteiger partial charge in [-0.05, 0) is 61.7 Å². The van der Waals surface area contributed by atoms with E-state index in [0.717, 1.165) is 34.0 Å². The van der Waals surface area contributed by atoms with Crippen molar-refractivity contribution >= 4 is 17.2 Å². The highest BCUT2D eigenvalue weighted by atomic mass is 15.2. The highest BCUT2D eigenvalue weighted by Gasteiger charge is 2.15. The van der Waals surface area contributed by atoms with Crippen LogP contribution in [0.4, 0.5) is 11.5 Å². The molecule has 4 nitrogen and oxygen atoms in total. The number of fused-ring (bicyclic) bond motifs is 1. The van der Waals surface area contributed by atoms with Crippen molar-refractivity contribution in [3.8, 4) is 11.3 Å². The Labute approximate surface area is 152 Å². The van der Waals surface area contributed by atoms with Gasteiger partial charge in [0.2, 0.25) is 0 Å². The molecule has 4 aromatic rings. The normalized spacial score (nSPS) is 11.5. The number of benzene rings is 2. The van der Waals surface area contributed by atoms with Crippen LogP contribution in [0.5, 0.6) is 0 Å². The lowest BCUT2D eigenvalue weighted by Gasteiger charge is -2.04. The Morgan fingerprint density at radius 2 is 1.58 bits per heavy atom. The maximum Gasteiger partial charge on any atom is 0.187 e. The Bertz CT molecular complexity index is 1110. The maximum atomic E-state index is 4.87. The maximum absolute atomic E-state index is 4.87. The second kappa shape index (κ2) is 6.56. The first-order valence-corrected chi connectivity index (χ1v) is 8.65. The minimum absolute atomic E-state index is 0.746. The average Bonchev–Trinajstić information content (AvgIpc) is 3.03. The van der Waals surface area contributed by atoms with Crippen LogP contribution in [0.15, 0.2) is 77.1 Å². The molecule has 0 N–H and O–H groups in total. The van der Waals surface area contributed by atoms with Gasteiger partial charge >= 0.3 is 0 Å².